The van der Waals surface area contributed by atoms with Gasteiger partial charge in [-0.2, -0.15) is 0 Å². The summed E-state index contributed by atoms with van der Waals surface area (Å²) in [7, 11) is 3.18. The summed E-state index contributed by atoms with van der Waals surface area (Å²) in [5.74, 6) is 2.44. The lowest BCUT2D eigenvalue weighted by Crippen LogP contribution is -2.03. The lowest BCUT2D eigenvalue weighted by molar-refractivity contribution is 0.168. The molecule has 0 aromatic heterocycles. The average molecular weight is 254 g/mol. The standard InChI is InChI=1S/C13H18O5/c1-8(14)4-5-9-6-10(15-2)12-13(11(9)16-3)18-7-17-12/h6,8,14H,4-5,7H2,1-3H3/t8-/m1/s1. The Morgan fingerprint density at radius 3 is 2.61 bits per heavy atom. The second-order valence-corrected chi connectivity index (χ2v) is 4.22. The molecule has 0 bridgehead atoms. The van der Waals surface area contributed by atoms with Gasteiger partial charge in [0, 0.05) is 5.56 Å². The molecule has 1 heterocycles. The molecule has 1 aromatic carbocycles. The van der Waals surface area contributed by atoms with Gasteiger partial charge in [0.15, 0.2) is 11.5 Å². The molecular formula is C13H18O5. The van der Waals surface area contributed by atoms with E-state index in [2.05, 4.69) is 0 Å². The summed E-state index contributed by atoms with van der Waals surface area (Å²) in [5.41, 5.74) is 0.944. The number of aliphatic hydroxyl groups excluding tert-OH is 1. The highest BCUT2D eigenvalue weighted by Gasteiger charge is 2.26. The number of ether oxygens (including phenoxy) is 4. The summed E-state index contributed by atoms with van der Waals surface area (Å²) in [4.78, 5) is 0. The van der Waals surface area contributed by atoms with Gasteiger partial charge in [-0.1, -0.05) is 0 Å². The predicted octanol–water partition coefficient (Wildman–Crippen LogP) is 1.75. The number of aryl methyl sites for hydroxylation is 1. The van der Waals surface area contributed by atoms with Crippen LogP contribution in [-0.4, -0.2) is 32.2 Å². The summed E-state index contributed by atoms with van der Waals surface area (Å²) in [6.45, 7) is 1.93. The number of aliphatic hydroxyl groups is 1. The smallest absolute Gasteiger partial charge is 0.231 e. The van der Waals surface area contributed by atoms with Gasteiger partial charge in [-0.3, -0.25) is 0 Å². The van der Waals surface area contributed by atoms with E-state index in [1.165, 1.54) is 0 Å². The van der Waals surface area contributed by atoms with Crippen molar-refractivity contribution in [1.82, 2.24) is 0 Å². The first-order valence-electron chi connectivity index (χ1n) is 5.89. The van der Waals surface area contributed by atoms with Crippen molar-refractivity contribution in [1.29, 1.82) is 0 Å². The Morgan fingerprint density at radius 1 is 1.28 bits per heavy atom. The summed E-state index contributed by atoms with van der Waals surface area (Å²) in [6, 6.07) is 1.87. The van der Waals surface area contributed by atoms with Crippen LogP contribution in [0, 0.1) is 0 Å². The van der Waals surface area contributed by atoms with E-state index in [0.29, 0.717) is 35.8 Å². The van der Waals surface area contributed by atoms with E-state index in [-0.39, 0.29) is 12.9 Å². The fraction of sp³-hybridized carbons (Fsp3) is 0.538. The van der Waals surface area contributed by atoms with Crippen LogP contribution in [0.15, 0.2) is 6.07 Å². The highest BCUT2D eigenvalue weighted by molar-refractivity contribution is 5.63. The normalized spacial score (nSPS) is 14.4. The zero-order valence-electron chi connectivity index (χ0n) is 10.9. The first kappa shape index (κ1) is 12.8. The lowest BCUT2D eigenvalue weighted by atomic mass is 10.0. The third-order valence-electron chi connectivity index (χ3n) is 2.90. The van der Waals surface area contributed by atoms with Gasteiger partial charge in [-0.05, 0) is 25.8 Å². The van der Waals surface area contributed by atoms with E-state index in [9.17, 15) is 5.11 Å². The fourth-order valence-electron chi connectivity index (χ4n) is 1.99. The number of fused-ring (bicyclic) bond motifs is 1. The molecule has 1 aliphatic heterocycles. The maximum Gasteiger partial charge on any atom is 0.231 e. The van der Waals surface area contributed by atoms with Crippen molar-refractivity contribution in [2.24, 2.45) is 0 Å². The molecule has 0 amide bonds. The van der Waals surface area contributed by atoms with Crippen molar-refractivity contribution in [3.63, 3.8) is 0 Å². The summed E-state index contributed by atoms with van der Waals surface area (Å²) < 4.78 is 21.4. The van der Waals surface area contributed by atoms with E-state index < -0.39 is 0 Å². The fourth-order valence-corrected chi connectivity index (χ4v) is 1.99. The van der Waals surface area contributed by atoms with Gasteiger partial charge in [0.25, 0.3) is 0 Å². The Balaban J connectivity index is 2.38. The lowest BCUT2D eigenvalue weighted by Gasteiger charge is -2.14. The van der Waals surface area contributed by atoms with Crippen molar-refractivity contribution >= 4 is 0 Å². The van der Waals surface area contributed by atoms with Gasteiger partial charge in [0.1, 0.15) is 0 Å². The molecule has 1 aliphatic rings. The van der Waals surface area contributed by atoms with Crippen LogP contribution in [-0.2, 0) is 6.42 Å². The Labute approximate surface area is 106 Å². The minimum Gasteiger partial charge on any atom is -0.493 e. The van der Waals surface area contributed by atoms with E-state index in [1.807, 2.05) is 6.07 Å². The first-order valence-corrected chi connectivity index (χ1v) is 5.89. The first-order chi connectivity index (χ1) is 8.67. The van der Waals surface area contributed by atoms with E-state index >= 15 is 0 Å². The van der Waals surface area contributed by atoms with Crippen LogP contribution in [0.2, 0.25) is 0 Å². The maximum atomic E-state index is 9.37. The third-order valence-corrected chi connectivity index (χ3v) is 2.90. The second kappa shape index (κ2) is 5.35. The Morgan fingerprint density at radius 2 is 2.00 bits per heavy atom. The van der Waals surface area contributed by atoms with E-state index in [1.54, 1.807) is 21.1 Å². The molecule has 2 rings (SSSR count). The zero-order valence-corrected chi connectivity index (χ0v) is 10.9. The molecule has 0 radical (unpaired) electrons. The Bertz CT molecular complexity index is 428. The average Bonchev–Trinajstić information content (AvgIpc) is 2.83. The predicted molar refractivity (Wildman–Crippen MR) is 65.7 cm³/mol. The van der Waals surface area contributed by atoms with Gasteiger partial charge < -0.3 is 24.1 Å². The molecule has 1 aromatic rings. The second-order valence-electron chi connectivity index (χ2n) is 4.22. The molecule has 18 heavy (non-hydrogen) atoms. The number of hydrogen-bond donors (Lipinski definition) is 1. The van der Waals surface area contributed by atoms with Crippen LogP contribution in [0.5, 0.6) is 23.0 Å². The minimum absolute atomic E-state index is 0.169. The third kappa shape index (κ3) is 2.31. The molecule has 1 atom stereocenters. The Hall–Kier alpha value is -1.62. The molecular weight excluding hydrogens is 236 g/mol. The Kier molecular flexibility index (Phi) is 3.81. The molecule has 0 saturated carbocycles. The molecule has 1 N–H and O–H groups in total. The number of methoxy groups -OCH3 is 2. The quantitative estimate of drug-likeness (QED) is 0.867. The van der Waals surface area contributed by atoms with Gasteiger partial charge in [-0.25, -0.2) is 0 Å². The monoisotopic (exact) mass is 254 g/mol. The molecule has 0 fully saturated rings. The van der Waals surface area contributed by atoms with E-state index in [4.69, 9.17) is 18.9 Å². The van der Waals surface area contributed by atoms with Crippen molar-refractivity contribution in [3.05, 3.63) is 11.6 Å². The molecule has 5 nitrogen and oxygen atoms in total. The molecule has 100 valence electrons. The van der Waals surface area contributed by atoms with Gasteiger partial charge >= 0.3 is 0 Å². The highest BCUT2D eigenvalue weighted by Crippen LogP contribution is 2.49. The largest absolute Gasteiger partial charge is 0.493 e. The van der Waals surface area contributed by atoms with Gasteiger partial charge in [0.05, 0.1) is 20.3 Å². The SMILES string of the molecule is COc1cc(CC[C@@H](C)O)c(OC)c2c1OCO2. The van der Waals surface area contributed by atoms with E-state index in [0.717, 1.165) is 5.56 Å². The van der Waals surface area contributed by atoms with Crippen LogP contribution in [0.4, 0.5) is 0 Å². The summed E-state index contributed by atoms with van der Waals surface area (Å²) >= 11 is 0. The van der Waals surface area contributed by atoms with Crippen LogP contribution in [0.3, 0.4) is 0 Å². The number of benzene rings is 1. The van der Waals surface area contributed by atoms with Crippen molar-refractivity contribution in [3.8, 4) is 23.0 Å². The van der Waals surface area contributed by atoms with Crippen LogP contribution >= 0.6 is 0 Å². The summed E-state index contributed by atoms with van der Waals surface area (Å²) in [5, 5.41) is 9.37. The number of hydrogen-bond acceptors (Lipinski definition) is 5. The van der Waals surface area contributed by atoms with Crippen molar-refractivity contribution < 1.29 is 24.1 Å². The number of rotatable bonds is 5. The zero-order chi connectivity index (χ0) is 13.1. The van der Waals surface area contributed by atoms with Crippen molar-refractivity contribution in [2.75, 3.05) is 21.0 Å². The molecule has 0 unspecified atom stereocenters. The van der Waals surface area contributed by atoms with Gasteiger partial charge in [0.2, 0.25) is 18.3 Å². The molecule has 5 heteroatoms. The molecule has 0 saturated heterocycles. The molecule has 0 spiro atoms. The van der Waals surface area contributed by atoms with Crippen LogP contribution in [0.25, 0.3) is 0 Å². The van der Waals surface area contributed by atoms with Crippen molar-refractivity contribution in [2.45, 2.75) is 25.9 Å². The maximum absolute atomic E-state index is 9.37. The van der Waals surface area contributed by atoms with Gasteiger partial charge in [-0.15, -0.1) is 0 Å². The summed E-state index contributed by atoms with van der Waals surface area (Å²) in [6.07, 6.45) is 0.985. The van der Waals surface area contributed by atoms with Crippen LogP contribution < -0.4 is 18.9 Å². The van der Waals surface area contributed by atoms with Crippen LogP contribution in [0.1, 0.15) is 18.9 Å². The topological polar surface area (TPSA) is 57.2 Å². The minimum atomic E-state index is -0.355. The molecule has 0 aliphatic carbocycles. The highest BCUT2D eigenvalue weighted by atomic mass is 16.7.